The molecule has 0 unspecified atom stereocenters. The zero-order valence-corrected chi connectivity index (χ0v) is 11.1. The maximum absolute atomic E-state index is 5.96. The number of aromatic nitrogens is 2. The van der Waals surface area contributed by atoms with Gasteiger partial charge in [0.15, 0.2) is 0 Å². The fourth-order valence-electron chi connectivity index (χ4n) is 2.00. The van der Waals surface area contributed by atoms with Crippen molar-refractivity contribution in [3.05, 3.63) is 59.4 Å². The zero-order valence-electron chi connectivity index (χ0n) is 10.4. The lowest BCUT2D eigenvalue weighted by molar-refractivity contribution is 1.21. The van der Waals surface area contributed by atoms with E-state index in [4.69, 9.17) is 11.6 Å². The van der Waals surface area contributed by atoms with Crippen LogP contribution in [0.4, 0.5) is 11.5 Å². The van der Waals surface area contributed by atoms with Crippen molar-refractivity contribution in [1.29, 1.82) is 0 Å². The molecule has 1 heterocycles. The molecule has 1 aromatic heterocycles. The predicted octanol–water partition coefficient (Wildman–Crippen LogP) is 4.34. The van der Waals surface area contributed by atoms with Crippen LogP contribution < -0.4 is 5.32 Å². The highest BCUT2D eigenvalue weighted by Gasteiger charge is 2.05. The summed E-state index contributed by atoms with van der Waals surface area (Å²) in [4.78, 5) is 8.56. The topological polar surface area (TPSA) is 37.8 Å². The Hall–Kier alpha value is -2.13. The second-order valence-electron chi connectivity index (χ2n) is 4.32. The molecule has 0 atom stereocenters. The molecule has 0 radical (unpaired) electrons. The maximum atomic E-state index is 5.96. The van der Waals surface area contributed by atoms with E-state index in [-0.39, 0.29) is 0 Å². The van der Waals surface area contributed by atoms with Crippen LogP contribution in [-0.4, -0.2) is 9.97 Å². The van der Waals surface area contributed by atoms with Gasteiger partial charge in [0, 0.05) is 16.1 Å². The van der Waals surface area contributed by atoms with Crippen molar-refractivity contribution < 1.29 is 0 Å². The van der Waals surface area contributed by atoms with Gasteiger partial charge in [-0.15, -0.1) is 0 Å². The smallest absolute Gasteiger partial charge is 0.141 e. The highest BCUT2D eigenvalue weighted by molar-refractivity contribution is 6.30. The largest absolute Gasteiger partial charge is 0.339 e. The number of nitrogens with zero attached hydrogens (tertiary/aromatic N) is 2. The Morgan fingerprint density at radius 2 is 1.89 bits per heavy atom. The number of benzene rings is 2. The molecule has 0 saturated carbocycles. The molecule has 94 valence electrons. The number of para-hydroxylation sites is 1. The molecule has 1 N–H and O–H groups in total. The normalized spacial score (nSPS) is 10.6. The van der Waals surface area contributed by atoms with E-state index in [0.717, 1.165) is 33.0 Å². The first-order valence-electron chi connectivity index (χ1n) is 5.97. The van der Waals surface area contributed by atoms with Crippen LogP contribution in [0.15, 0.2) is 48.8 Å². The molecular weight excluding hydrogens is 258 g/mol. The molecule has 0 aliphatic heterocycles. The first-order chi connectivity index (χ1) is 9.24. The fourth-order valence-corrected chi connectivity index (χ4v) is 2.23. The highest BCUT2D eigenvalue weighted by atomic mass is 35.5. The molecule has 0 aliphatic carbocycles. The van der Waals surface area contributed by atoms with Crippen LogP contribution in [0.1, 0.15) is 5.56 Å². The average molecular weight is 270 g/mol. The van der Waals surface area contributed by atoms with Gasteiger partial charge in [-0.3, -0.25) is 0 Å². The van der Waals surface area contributed by atoms with Gasteiger partial charge in [0.25, 0.3) is 0 Å². The van der Waals surface area contributed by atoms with Crippen molar-refractivity contribution in [3.8, 4) is 0 Å². The molecule has 2 aromatic carbocycles. The molecule has 0 saturated heterocycles. The number of fused-ring (bicyclic) bond motifs is 1. The second kappa shape index (κ2) is 4.86. The van der Waals surface area contributed by atoms with Gasteiger partial charge in [0.1, 0.15) is 12.1 Å². The van der Waals surface area contributed by atoms with Crippen LogP contribution in [0.5, 0.6) is 0 Å². The number of rotatable bonds is 2. The zero-order chi connectivity index (χ0) is 13.2. The molecule has 4 heteroatoms. The summed E-state index contributed by atoms with van der Waals surface area (Å²) in [5.74, 6) is 0.802. The van der Waals surface area contributed by atoms with Crippen LogP contribution in [0, 0.1) is 6.92 Å². The van der Waals surface area contributed by atoms with Crippen molar-refractivity contribution in [2.75, 3.05) is 5.32 Å². The van der Waals surface area contributed by atoms with Crippen molar-refractivity contribution in [1.82, 2.24) is 9.97 Å². The van der Waals surface area contributed by atoms with Gasteiger partial charge in [-0.05, 0) is 42.8 Å². The van der Waals surface area contributed by atoms with Crippen LogP contribution in [0.3, 0.4) is 0 Å². The SMILES string of the molecule is Cc1cc(Cl)ccc1Nc1ncnc2ccccc12. The van der Waals surface area contributed by atoms with Crippen molar-refractivity contribution in [3.63, 3.8) is 0 Å². The Kier molecular flexibility index (Phi) is 3.05. The minimum Gasteiger partial charge on any atom is -0.339 e. The molecule has 3 aromatic rings. The lowest BCUT2D eigenvalue weighted by Crippen LogP contribution is -1.97. The van der Waals surface area contributed by atoms with E-state index in [1.165, 1.54) is 0 Å². The van der Waals surface area contributed by atoms with E-state index in [1.807, 2.05) is 49.4 Å². The van der Waals surface area contributed by atoms with Gasteiger partial charge >= 0.3 is 0 Å². The van der Waals surface area contributed by atoms with Crippen molar-refractivity contribution in [2.45, 2.75) is 6.92 Å². The van der Waals surface area contributed by atoms with Gasteiger partial charge in [0.05, 0.1) is 5.52 Å². The summed E-state index contributed by atoms with van der Waals surface area (Å²) < 4.78 is 0. The first kappa shape index (κ1) is 11.9. The van der Waals surface area contributed by atoms with E-state index in [9.17, 15) is 0 Å². The fraction of sp³-hybridized carbons (Fsp3) is 0.0667. The predicted molar refractivity (Wildman–Crippen MR) is 79.0 cm³/mol. The van der Waals surface area contributed by atoms with Gasteiger partial charge in [-0.1, -0.05) is 23.7 Å². The Morgan fingerprint density at radius 3 is 2.74 bits per heavy atom. The van der Waals surface area contributed by atoms with E-state index < -0.39 is 0 Å². The minimum absolute atomic E-state index is 0.732. The Bertz CT molecular complexity index is 735. The lowest BCUT2D eigenvalue weighted by Gasteiger charge is -2.10. The summed E-state index contributed by atoms with van der Waals surface area (Å²) in [6.45, 7) is 2.01. The van der Waals surface area contributed by atoms with Gasteiger partial charge in [-0.25, -0.2) is 9.97 Å². The molecular formula is C15H12ClN3. The number of halogens is 1. The average Bonchev–Trinajstić information content (AvgIpc) is 2.42. The Labute approximate surface area is 116 Å². The van der Waals surface area contributed by atoms with Crippen LogP contribution in [0.25, 0.3) is 10.9 Å². The molecule has 0 bridgehead atoms. The summed E-state index contributed by atoms with van der Waals surface area (Å²) in [5, 5.41) is 5.06. The van der Waals surface area contributed by atoms with E-state index in [1.54, 1.807) is 6.33 Å². The molecule has 19 heavy (non-hydrogen) atoms. The lowest BCUT2D eigenvalue weighted by atomic mass is 10.2. The maximum Gasteiger partial charge on any atom is 0.141 e. The molecule has 0 fully saturated rings. The quantitative estimate of drug-likeness (QED) is 0.752. The summed E-state index contributed by atoms with van der Waals surface area (Å²) in [6.07, 6.45) is 1.57. The third-order valence-electron chi connectivity index (χ3n) is 2.98. The third kappa shape index (κ3) is 2.37. The summed E-state index contributed by atoms with van der Waals surface area (Å²) in [6, 6.07) is 13.7. The molecule has 0 amide bonds. The third-order valence-corrected chi connectivity index (χ3v) is 3.22. The monoisotopic (exact) mass is 269 g/mol. The number of hydrogen-bond acceptors (Lipinski definition) is 3. The van der Waals surface area contributed by atoms with Crippen LogP contribution >= 0.6 is 11.6 Å². The van der Waals surface area contributed by atoms with E-state index in [2.05, 4.69) is 15.3 Å². The number of anilines is 2. The van der Waals surface area contributed by atoms with Crippen molar-refractivity contribution >= 4 is 34.0 Å². The van der Waals surface area contributed by atoms with Crippen LogP contribution in [-0.2, 0) is 0 Å². The minimum atomic E-state index is 0.732. The van der Waals surface area contributed by atoms with Gasteiger partial charge < -0.3 is 5.32 Å². The Morgan fingerprint density at radius 1 is 1.05 bits per heavy atom. The molecule has 3 rings (SSSR count). The van der Waals surface area contributed by atoms with E-state index in [0.29, 0.717) is 0 Å². The summed E-state index contributed by atoms with van der Waals surface area (Å²) in [7, 11) is 0. The first-order valence-corrected chi connectivity index (χ1v) is 6.35. The van der Waals surface area contributed by atoms with Crippen molar-refractivity contribution in [2.24, 2.45) is 0 Å². The molecule has 0 spiro atoms. The number of hydrogen-bond donors (Lipinski definition) is 1. The summed E-state index contributed by atoms with van der Waals surface area (Å²) in [5.41, 5.74) is 3.00. The molecule has 0 aliphatic rings. The summed E-state index contributed by atoms with van der Waals surface area (Å²) >= 11 is 5.96. The highest BCUT2D eigenvalue weighted by Crippen LogP contribution is 2.26. The van der Waals surface area contributed by atoms with Gasteiger partial charge in [0.2, 0.25) is 0 Å². The second-order valence-corrected chi connectivity index (χ2v) is 4.76. The Balaban J connectivity index is 2.06. The molecule has 3 nitrogen and oxygen atoms in total. The standard InChI is InChI=1S/C15H12ClN3/c1-10-8-11(16)6-7-13(10)19-15-12-4-2-3-5-14(12)17-9-18-15/h2-9H,1H3,(H,17,18,19). The number of nitrogens with one attached hydrogen (secondary N) is 1. The van der Waals surface area contributed by atoms with Gasteiger partial charge in [-0.2, -0.15) is 0 Å². The van der Waals surface area contributed by atoms with E-state index >= 15 is 0 Å². The number of aryl methyl sites for hydroxylation is 1. The van der Waals surface area contributed by atoms with Crippen LogP contribution in [0.2, 0.25) is 5.02 Å².